The van der Waals surface area contributed by atoms with Gasteiger partial charge in [-0.15, -0.1) is 0 Å². The number of para-hydroxylation sites is 1. The molecule has 0 bridgehead atoms. The van der Waals surface area contributed by atoms with Crippen LogP contribution in [0.15, 0.2) is 24.3 Å². The number of hydrogen-bond acceptors (Lipinski definition) is 3. The Kier molecular flexibility index (Phi) is 5.76. The van der Waals surface area contributed by atoms with Gasteiger partial charge in [0, 0.05) is 19.0 Å². The van der Waals surface area contributed by atoms with Gasteiger partial charge in [0.2, 0.25) is 0 Å². The second kappa shape index (κ2) is 7.09. The van der Waals surface area contributed by atoms with Gasteiger partial charge in [-0.05, 0) is 26.0 Å². The quantitative estimate of drug-likeness (QED) is 0.812. The third kappa shape index (κ3) is 4.21. The van der Waals surface area contributed by atoms with Crippen LogP contribution in [0.3, 0.4) is 0 Å². The molecule has 0 spiro atoms. The van der Waals surface area contributed by atoms with Crippen molar-refractivity contribution < 1.29 is 9.53 Å². The molecule has 0 aromatic heterocycles. The van der Waals surface area contributed by atoms with Crippen molar-refractivity contribution in [3.8, 4) is 5.75 Å². The van der Waals surface area contributed by atoms with Crippen LogP contribution in [-0.4, -0.2) is 35.5 Å². The monoisotopic (exact) mass is 280 g/mol. The third-order valence-electron chi connectivity index (χ3n) is 2.82. The zero-order chi connectivity index (χ0) is 14.4. The fourth-order valence-electron chi connectivity index (χ4n) is 1.80. The van der Waals surface area contributed by atoms with Gasteiger partial charge in [0.1, 0.15) is 5.75 Å². The van der Waals surface area contributed by atoms with Crippen molar-refractivity contribution in [3.05, 3.63) is 29.8 Å². The van der Waals surface area contributed by atoms with Crippen LogP contribution in [0.5, 0.6) is 5.75 Å². The first-order valence-corrected chi connectivity index (χ1v) is 6.60. The van der Waals surface area contributed by atoms with Crippen molar-refractivity contribution in [2.75, 3.05) is 13.7 Å². The minimum Gasteiger partial charge on any atom is -0.496 e. The first kappa shape index (κ1) is 15.4. The molecule has 0 aliphatic heterocycles. The van der Waals surface area contributed by atoms with Crippen molar-refractivity contribution in [1.82, 2.24) is 4.90 Å². The number of thiocarbonyl (C=S) groups is 1. The predicted molar refractivity (Wildman–Crippen MR) is 80.6 cm³/mol. The van der Waals surface area contributed by atoms with E-state index >= 15 is 0 Å². The Morgan fingerprint density at radius 3 is 2.58 bits per heavy atom. The van der Waals surface area contributed by atoms with Crippen LogP contribution in [0.4, 0.5) is 0 Å². The maximum atomic E-state index is 12.5. The van der Waals surface area contributed by atoms with Crippen LogP contribution in [-0.2, 0) is 0 Å². The van der Waals surface area contributed by atoms with Crippen molar-refractivity contribution in [3.63, 3.8) is 0 Å². The van der Waals surface area contributed by atoms with E-state index in [1.807, 2.05) is 26.0 Å². The highest BCUT2D eigenvalue weighted by atomic mass is 32.1. The fourth-order valence-corrected chi connectivity index (χ4v) is 1.89. The van der Waals surface area contributed by atoms with E-state index in [-0.39, 0.29) is 11.9 Å². The van der Waals surface area contributed by atoms with Crippen LogP contribution in [0, 0.1) is 0 Å². The average Bonchev–Trinajstić information content (AvgIpc) is 2.37. The van der Waals surface area contributed by atoms with Gasteiger partial charge in [0.25, 0.3) is 5.91 Å². The van der Waals surface area contributed by atoms with Crippen molar-refractivity contribution in [1.29, 1.82) is 0 Å². The molecule has 1 aromatic rings. The maximum absolute atomic E-state index is 12.5. The average molecular weight is 280 g/mol. The molecule has 0 fully saturated rings. The lowest BCUT2D eigenvalue weighted by Gasteiger charge is -2.27. The second-order valence-electron chi connectivity index (χ2n) is 4.51. The number of rotatable bonds is 6. The van der Waals surface area contributed by atoms with Gasteiger partial charge < -0.3 is 15.4 Å². The number of carbonyl (C=O) groups excluding carboxylic acids is 1. The highest BCUT2D eigenvalue weighted by molar-refractivity contribution is 7.80. The fraction of sp³-hybridized carbons (Fsp3) is 0.429. The molecule has 0 heterocycles. The molecule has 1 rings (SSSR count). The van der Waals surface area contributed by atoms with E-state index in [1.54, 1.807) is 24.1 Å². The second-order valence-corrected chi connectivity index (χ2v) is 5.03. The van der Waals surface area contributed by atoms with Crippen molar-refractivity contribution >= 4 is 23.1 Å². The topological polar surface area (TPSA) is 55.6 Å². The summed E-state index contributed by atoms with van der Waals surface area (Å²) in [5, 5.41) is 0. The molecule has 0 aliphatic carbocycles. The molecule has 2 N–H and O–H groups in total. The molecular weight excluding hydrogens is 260 g/mol. The molecule has 104 valence electrons. The molecule has 0 saturated heterocycles. The summed E-state index contributed by atoms with van der Waals surface area (Å²) in [5.74, 6) is 0.511. The SMILES string of the molecule is COc1ccccc1C(=O)N(CCC(N)=S)C(C)C. The molecule has 0 saturated carbocycles. The zero-order valence-corrected chi connectivity index (χ0v) is 12.4. The molecule has 4 nitrogen and oxygen atoms in total. The Morgan fingerprint density at radius 1 is 1.42 bits per heavy atom. The molecular formula is C14H20N2O2S. The van der Waals surface area contributed by atoms with Crippen LogP contribution in [0.2, 0.25) is 0 Å². The smallest absolute Gasteiger partial charge is 0.257 e. The van der Waals surface area contributed by atoms with E-state index in [1.165, 1.54) is 0 Å². The van der Waals surface area contributed by atoms with E-state index in [2.05, 4.69) is 0 Å². The summed E-state index contributed by atoms with van der Waals surface area (Å²) in [6, 6.07) is 7.27. The Balaban J connectivity index is 2.95. The van der Waals surface area contributed by atoms with Crippen LogP contribution in [0.25, 0.3) is 0 Å². The molecule has 0 aliphatic rings. The van der Waals surface area contributed by atoms with Crippen LogP contribution < -0.4 is 10.5 Å². The number of nitrogens with zero attached hydrogens (tertiary/aromatic N) is 1. The molecule has 1 aromatic carbocycles. The van der Waals surface area contributed by atoms with Gasteiger partial charge in [0.05, 0.1) is 17.7 Å². The summed E-state index contributed by atoms with van der Waals surface area (Å²) in [6.45, 7) is 4.45. The van der Waals surface area contributed by atoms with Gasteiger partial charge in [-0.25, -0.2) is 0 Å². The minimum absolute atomic E-state index is 0.0660. The van der Waals surface area contributed by atoms with Gasteiger partial charge in [-0.2, -0.15) is 0 Å². The van der Waals surface area contributed by atoms with Gasteiger partial charge in [-0.3, -0.25) is 4.79 Å². The van der Waals surface area contributed by atoms with E-state index in [0.29, 0.717) is 29.3 Å². The summed E-state index contributed by atoms with van der Waals surface area (Å²) in [6.07, 6.45) is 0.522. The highest BCUT2D eigenvalue weighted by Crippen LogP contribution is 2.20. The Morgan fingerprint density at radius 2 is 2.05 bits per heavy atom. The standard InChI is InChI=1S/C14H20N2O2S/c1-10(2)16(9-8-13(15)19)14(17)11-6-4-5-7-12(11)18-3/h4-7,10H,8-9H2,1-3H3,(H2,15,19). The summed E-state index contributed by atoms with van der Waals surface area (Å²) in [4.78, 5) is 14.7. The predicted octanol–water partition coefficient (Wildman–Crippen LogP) is 2.22. The summed E-state index contributed by atoms with van der Waals surface area (Å²) in [5.41, 5.74) is 6.06. The number of methoxy groups -OCH3 is 1. The highest BCUT2D eigenvalue weighted by Gasteiger charge is 2.21. The largest absolute Gasteiger partial charge is 0.496 e. The Bertz CT molecular complexity index is 461. The van der Waals surface area contributed by atoms with Crippen LogP contribution >= 0.6 is 12.2 Å². The first-order valence-electron chi connectivity index (χ1n) is 6.19. The lowest BCUT2D eigenvalue weighted by Crippen LogP contribution is -2.39. The molecule has 5 heteroatoms. The van der Waals surface area contributed by atoms with Crippen LogP contribution in [0.1, 0.15) is 30.6 Å². The lowest BCUT2D eigenvalue weighted by molar-refractivity contribution is 0.0708. The molecule has 1 amide bonds. The molecule has 0 radical (unpaired) electrons. The molecule has 0 atom stereocenters. The summed E-state index contributed by atoms with van der Waals surface area (Å²) in [7, 11) is 1.56. The van der Waals surface area contributed by atoms with E-state index < -0.39 is 0 Å². The lowest BCUT2D eigenvalue weighted by atomic mass is 10.1. The third-order valence-corrected chi connectivity index (χ3v) is 3.02. The van der Waals surface area contributed by atoms with Gasteiger partial charge >= 0.3 is 0 Å². The van der Waals surface area contributed by atoms with E-state index in [9.17, 15) is 4.79 Å². The number of amides is 1. The zero-order valence-electron chi connectivity index (χ0n) is 11.6. The van der Waals surface area contributed by atoms with E-state index in [4.69, 9.17) is 22.7 Å². The number of hydrogen-bond donors (Lipinski definition) is 1. The number of benzene rings is 1. The van der Waals surface area contributed by atoms with Crippen molar-refractivity contribution in [2.24, 2.45) is 5.73 Å². The van der Waals surface area contributed by atoms with Crippen molar-refractivity contribution in [2.45, 2.75) is 26.3 Å². The summed E-state index contributed by atoms with van der Waals surface area (Å²) < 4.78 is 5.22. The maximum Gasteiger partial charge on any atom is 0.257 e. The number of ether oxygens (including phenoxy) is 1. The minimum atomic E-state index is -0.0660. The number of nitrogens with two attached hydrogens (primary N) is 1. The first-order chi connectivity index (χ1) is 8.97. The van der Waals surface area contributed by atoms with Gasteiger partial charge in [0.15, 0.2) is 0 Å². The Labute approximate surface area is 119 Å². The molecule has 0 unspecified atom stereocenters. The normalized spacial score (nSPS) is 10.3. The Hall–Kier alpha value is -1.62. The van der Waals surface area contributed by atoms with Gasteiger partial charge in [-0.1, -0.05) is 24.4 Å². The number of carbonyl (C=O) groups is 1. The van der Waals surface area contributed by atoms with E-state index in [0.717, 1.165) is 0 Å². The summed E-state index contributed by atoms with van der Waals surface area (Å²) >= 11 is 4.87. The molecule has 19 heavy (non-hydrogen) atoms.